The Morgan fingerprint density at radius 1 is 1.40 bits per heavy atom. The smallest absolute Gasteiger partial charge is 0.149 e. The SMILES string of the molecule is CNC1CCCCCC1=O. The monoisotopic (exact) mass is 141 g/mol. The number of carbonyl (C=O) groups excluding carboxylic acids is 1. The van der Waals surface area contributed by atoms with E-state index in [2.05, 4.69) is 5.32 Å². The lowest BCUT2D eigenvalue weighted by Crippen LogP contribution is -2.32. The highest BCUT2D eigenvalue weighted by atomic mass is 16.1. The minimum atomic E-state index is 0.155. The zero-order valence-electron chi connectivity index (χ0n) is 6.52. The first-order valence-corrected chi connectivity index (χ1v) is 4.04. The fourth-order valence-electron chi connectivity index (χ4n) is 1.47. The van der Waals surface area contributed by atoms with Crippen molar-refractivity contribution in [2.45, 2.75) is 38.1 Å². The van der Waals surface area contributed by atoms with E-state index in [4.69, 9.17) is 0 Å². The first kappa shape index (κ1) is 7.73. The van der Waals surface area contributed by atoms with E-state index in [1.165, 1.54) is 12.8 Å². The van der Waals surface area contributed by atoms with Crippen molar-refractivity contribution in [2.24, 2.45) is 0 Å². The van der Waals surface area contributed by atoms with E-state index in [-0.39, 0.29) is 6.04 Å². The van der Waals surface area contributed by atoms with E-state index in [0.29, 0.717) is 5.78 Å². The van der Waals surface area contributed by atoms with Gasteiger partial charge < -0.3 is 5.32 Å². The van der Waals surface area contributed by atoms with Gasteiger partial charge in [-0.05, 0) is 19.9 Å². The van der Waals surface area contributed by atoms with Crippen LogP contribution >= 0.6 is 0 Å². The molecule has 2 heteroatoms. The first-order valence-electron chi connectivity index (χ1n) is 4.04. The van der Waals surface area contributed by atoms with Gasteiger partial charge in [0.1, 0.15) is 5.78 Å². The van der Waals surface area contributed by atoms with Gasteiger partial charge in [0, 0.05) is 6.42 Å². The normalized spacial score (nSPS) is 28.1. The number of hydrogen-bond donors (Lipinski definition) is 1. The van der Waals surface area contributed by atoms with Crippen molar-refractivity contribution >= 4 is 5.78 Å². The Kier molecular flexibility index (Phi) is 2.87. The molecule has 1 atom stereocenters. The first-order chi connectivity index (χ1) is 4.84. The summed E-state index contributed by atoms with van der Waals surface area (Å²) >= 11 is 0. The summed E-state index contributed by atoms with van der Waals surface area (Å²) < 4.78 is 0. The Balaban J connectivity index is 2.43. The van der Waals surface area contributed by atoms with Crippen molar-refractivity contribution in [3.8, 4) is 0 Å². The average Bonchev–Trinajstić information content (AvgIpc) is 2.13. The van der Waals surface area contributed by atoms with Gasteiger partial charge in [-0.2, -0.15) is 0 Å². The molecule has 1 unspecified atom stereocenters. The van der Waals surface area contributed by atoms with Crippen LogP contribution in [0.3, 0.4) is 0 Å². The highest BCUT2D eigenvalue weighted by Crippen LogP contribution is 2.13. The number of likely N-dealkylation sites (N-methyl/N-ethyl adjacent to an activating group) is 1. The van der Waals surface area contributed by atoms with E-state index in [1.807, 2.05) is 7.05 Å². The standard InChI is InChI=1S/C8H15NO/c1-9-7-5-3-2-4-6-8(7)10/h7,9H,2-6H2,1H3. The van der Waals surface area contributed by atoms with Crippen LogP contribution in [0.1, 0.15) is 32.1 Å². The van der Waals surface area contributed by atoms with Gasteiger partial charge >= 0.3 is 0 Å². The summed E-state index contributed by atoms with van der Waals surface area (Å²) in [6.07, 6.45) is 5.35. The summed E-state index contributed by atoms with van der Waals surface area (Å²) in [5.74, 6) is 0.403. The molecule has 0 aromatic carbocycles. The van der Waals surface area contributed by atoms with E-state index in [0.717, 1.165) is 19.3 Å². The predicted octanol–water partition coefficient (Wildman–Crippen LogP) is 1.11. The molecule has 1 rings (SSSR count). The summed E-state index contributed by atoms with van der Waals surface area (Å²) in [6, 6.07) is 0.155. The minimum Gasteiger partial charge on any atom is -0.311 e. The van der Waals surface area contributed by atoms with Crippen molar-refractivity contribution in [3.63, 3.8) is 0 Å². The second-order valence-corrected chi connectivity index (χ2v) is 2.91. The fraction of sp³-hybridized carbons (Fsp3) is 0.875. The molecule has 1 N–H and O–H groups in total. The van der Waals surface area contributed by atoms with Crippen LogP contribution < -0.4 is 5.32 Å². The summed E-state index contributed by atoms with van der Waals surface area (Å²) in [5.41, 5.74) is 0. The zero-order valence-corrected chi connectivity index (χ0v) is 6.52. The molecule has 2 nitrogen and oxygen atoms in total. The van der Waals surface area contributed by atoms with Crippen LogP contribution in [0.2, 0.25) is 0 Å². The third kappa shape index (κ3) is 1.81. The molecule has 1 fully saturated rings. The Labute approximate surface area is 62.0 Å². The summed E-state index contributed by atoms with van der Waals surface area (Å²) in [7, 11) is 1.87. The maximum atomic E-state index is 11.2. The van der Waals surface area contributed by atoms with Crippen molar-refractivity contribution in [3.05, 3.63) is 0 Å². The lowest BCUT2D eigenvalue weighted by molar-refractivity contribution is -0.120. The number of hydrogen-bond acceptors (Lipinski definition) is 2. The van der Waals surface area contributed by atoms with Gasteiger partial charge in [-0.25, -0.2) is 0 Å². The molecule has 0 aromatic rings. The molecule has 0 amide bonds. The topological polar surface area (TPSA) is 29.1 Å². The van der Waals surface area contributed by atoms with Gasteiger partial charge in [0.05, 0.1) is 6.04 Å². The number of Topliss-reactive ketones (excluding diaryl/α,β-unsaturated/α-hetero) is 1. The number of carbonyl (C=O) groups is 1. The molecule has 0 aliphatic heterocycles. The molecule has 58 valence electrons. The van der Waals surface area contributed by atoms with Gasteiger partial charge in [-0.1, -0.05) is 12.8 Å². The lowest BCUT2D eigenvalue weighted by atomic mass is 10.1. The van der Waals surface area contributed by atoms with Crippen LogP contribution in [-0.2, 0) is 4.79 Å². The Morgan fingerprint density at radius 2 is 2.20 bits per heavy atom. The van der Waals surface area contributed by atoms with Gasteiger partial charge in [0.15, 0.2) is 0 Å². The summed E-state index contributed by atoms with van der Waals surface area (Å²) in [5, 5.41) is 3.04. The zero-order chi connectivity index (χ0) is 7.40. The average molecular weight is 141 g/mol. The molecular formula is C8H15NO. The van der Waals surface area contributed by atoms with Crippen LogP contribution in [0.4, 0.5) is 0 Å². The van der Waals surface area contributed by atoms with Crippen molar-refractivity contribution in [1.82, 2.24) is 5.32 Å². The van der Waals surface area contributed by atoms with Crippen LogP contribution in [0.15, 0.2) is 0 Å². The second-order valence-electron chi connectivity index (χ2n) is 2.91. The Bertz CT molecular complexity index is 122. The van der Waals surface area contributed by atoms with Crippen molar-refractivity contribution < 1.29 is 4.79 Å². The van der Waals surface area contributed by atoms with Crippen LogP contribution in [0.25, 0.3) is 0 Å². The van der Waals surface area contributed by atoms with Gasteiger partial charge in [0.25, 0.3) is 0 Å². The van der Waals surface area contributed by atoms with Crippen LogP contribution in [0.5, 0.6) is 0 Å². The molecule has 1 saturated carbocycles. The summed E-state index contributed by atoms with van der Waals surface area (Å²) in [6.45, 7) is 0. The van der Waals surface area contributed by atoms with E-state index >= 15 is 0 Å². The molecule has 0 heterocycles. The number of rotatable bonds is 1. The van der Waals surface area contributed by atoms with Crippen molar-refractivity contribution in [1.29, 1.82) is 0 Å². The lowest BCUT2D eigenvalue weighted by Gasteiger charge is -2.09. The number of ketones is 1. The Morgan fingerprint density at radius 3 is 2.90 bits per heavy atom. The second kappa shape index (κ2) is 3.71. The van der Waals surface area contributed by atoms with Gasteiger partial charge in [-0.15, -0.1) is 0 Å². The maximum absolute atomic E-state index is 11.2. The Hall–Kier alpha value is -0.370. The molecular weight excluding hydrogens is 126 g/mol. The predicted molar refractivity (Wildman–Crippen MR) is 40.9 cm³/mol. The molecule has 0 saturated heterocycles. The van der Waals surface area contributed by atoms with Crippen LogP contribution in [-0.4, -0.2) is 18.9 Å². The summed E-state index contributed by atoms with van der Waals surface area (Å²) in [4.78, 5) is 11.2. The highest BCUT2D eigenvalue weighted by Gasteiger charge is 2.17. The van der Waals surface area contributed by atoms with Crippen LogP contribution in [0, 0.1) is 0 Å². The molecule has 0 bridgehead atoms. The minimum absolute atomic E-state index is 0.155. The number of nitrogens with one attached hydrogen (secondary N) is 1. The molecule has 0 spiro atoms. The fourth-order valence-corrected chi connectivity index (χ4v) is 1.47. The van der Waals surface area contributed by atoms with Gasteiger partial charge in [-0.3, -0.25) is 4.79 Å². The highest BCUT2D eigenvalue weighted by molar-refractivity contribution is 5.84. The molecule has 0 radical (unpaired) electrons. The third-order valence-electron chi connectivity index (χ3n) is 2.15. The third-order valence-corrected chi connectivity index (χ3v) is 2.15. The largest absolute Gasteiger partial charge is 0.311 e. The van der Waals surface area contributed by atoms with Gasteiger partial charge in [0.2, 0.25) is 0 Å². The molecule has 1 aliphatic rings. The van der Waals surface area contributed by atoms with E-state index in [9.17, 15) is 4.79 Å². The molecule has 1 aliphatic carbocycles. The maximum Gasteiger partial charge on any atom is 0.149 e. The van der Waals surface area contributed by atoms with E-state index in [1.54, 1.807) is 0 Å². The van der Waals surface area contributed by atoms with E-state index < -0.39 is 0 Å². The quantitative estimate of drug-likeness (QED) is 0.554. The van der Waals surface area contributed by atoms with Crippen molar-refractivity contribution in [2.75, 3.05) is 7.05 Å². The molecule has 0 aromatic heterocycles. The molecule has 10 heavy (non-hydrogen) atoms.